The zero-order valence-corrected chi connectivity index (χ0v) is 28.0. The summed E-state index contributed by atoms with van der Waals surface area (Å²) in [4.78, 5) is 61.6. The Balaban J connectivity index is 2.30. The summed E-state index contributed by atoms with van der Waals surface area (Å²) in [5.74, 6) is -5.86. The number of amides is 1. The van der Waals surface area contributed by atoms with E-state index in [-0.39, 0.29) is 18.8 Å². The van der Waals surface area contributed by atoms with E-state index in [1.165, 1.54) is 6.08 Å². The molecule has 1 unspecified atom stereocenters. The summed E-state index contributed by atoms with van der Waals surface area (Å²) in [5.41, 5.74) is -2.23. The van der Waals surface area contributed by atoms with Crippen molar-refractivity contribution in [1.82, 2.24) is 5.32 Å². The highest BCUT2D eigenvalue weighted by Crippen LogP contribution is 2.28. The highest BCUT2D eigenvalue weighted by Gasteiger charge is 2.46. The fourth-order valence-corrected chi connectivity index (χ4v) is 5.51. The number of hydrogen-bond donors (Lipinski definition) is 5. The van der Waals surface area contributed by atoms with E-state index < -0.39 is 60.3 Å². The number of carbonyl (C=O) groups is 5. The Bertz CT molecular complexity index is 1270. The fourth-order valence-electron chi connectivity index (χ4n) is 5.51. The van der Waals surface area contributed by atoms with Gasteiger partial charge in [-0.05, 0) is 62.8 Å². The molecule has 1 aromatic carbocycles. The fraction of sp³-hybridized carbons (Fsp3) is 0.583. The number of nitrogens with one attached hydrogen (secondary N) is 1. The van der Waals surface area contributed by atoms with Gasteiger partial charge in [0.25, 0.3) is 0 Å². The van der Waals surface area contributed by atoms with Crippen LogP contribution in [0.15, 0.2) is 48.3 Å². The lowest BCUT2D eigenvalue weighted by atomic mass is 9.81. The molecule has 2 aliphatic heterocycles. The Morgan fingerprint density at radius 2 is 1.67 bits per heavy atom. The number of hydrogen-bond acceptors (Lipinski definition) is 8. The van der Waals surface area contributed by atoms with Crippen molar-refractivity contribution >= 4 is 29.6 Å². The number of unbranched alkanes of at least 4 members (excludes halogenated alkanes) is 3. The molecule has 2 heterocycles. The lowest BCUT2D eigenvalue weighted by Crippen LogP contribution is -2.50. The molecule has 3 rings (SSSR count). The standard InChI is InChI=1S/C36H51NO11/c1-3-4-5-12-15-31-30(38)14-11-9-7-6-8-10-13-27(36(46,35(44)45)24-33(40)41)23-32(39)37-29(34(42)43)22-26-16-18-28(19-17-26)47-21-20-25(2)48-31/h10,13,16-20,27,29,31,46H,3-9,11-12,14-15,21-24H2,1-2H3,(H,37,39)(H,40,41)(H,42,43)(H,44,45)/b13-10+,25-20+/t27-,29+,31?,36+/m1/s1. The van der Waals surface area contributed by atoms with E-state index in [4.69, 9.17) is 9.47 Å². The Morgan fingerprint density at radius 1 is 0.958 bits per heavy atom. The molecule has 0 spiro atoms. The van der Waals surface area contributed by atoms with Crippen LogP contribution in [0, 0.1) is 5.92 Å². The van der Waals surface area contributed by atoms with E-state index in [1.807, 2.05) is 0 Å². The number of aliphatic carboxylic acids is 3. The summed E-state index contributed by atoms with van der Waals surface area (Å²) in [5, 5.41) is 42.2. The smallest absolute Gasteiger partial charge is 0.336 e. The van der Waals surface area contributed by atoms with Gasteiger partial charge in [0.05, 0.1) is 12.2 Å². The first-order chi connectivity index (χ1) is 22.8. The molecule has 48 heavy (non-hydrogen) atoms. The predicted molar refractivity (Wildman–Crippen MR) is 177 cm³/mol. The zero-order valence-electron chi connectivity index (χ0n) is 28.0. The SMILES string of the molecule is CCCCCCC1O/C(C)=C/COc2ccc(cc2)C[C@@H](C(=O)O)NC(=O)C[C@H]([C@@](O)(CC(=O)O)C(=O)O)/C=C/CCCCCCC1=O. The molecule has 2 aliphatic rings. The summed E-state index contributed by atoms with van der Waals surface area (Å²) in [7, 11) is 0. The second kappa shape index (κ2) is 20.9. The molecule has 2 bridgehead atoms. The van der Waals surface area contributed by atoms with Crippen molar-refractivity contribution in [2.24, 2.45) is 5.92 Å². The molecule has 4 atom stereocenters. The summed E-state index contributed by atoms with van der Waals surface area (Å²) in [6.07, 6.45) is 10.7. The Hall–Kier alpha value is -4.19. The molecular weight excluding hydrogens is 622 g/mol. The second-order valence-electron chi connectivity index (χ2n) is 12.3. The molecule has 12 heteroatoms. The lowest BCUT2D eigenvalue weighted by molar-refractivity contribution is -0.170. The number of carboxylic acids is 3. The third-order valence-electron chi connectivity index (χ3n) is 8.35. The number of aliphatic hydroxyl groups is 1. The van der Waals surface area contributed by atoms with Gasteiger partial charge in [-0.3, -0.25) is 14.4 Å². The molecular formula is C36H51NO11. The van der Waals surface area contributed by atoms with Crippen LogP contribution < -0.4 is 10.1 Å². The molecule has 5 N–H and O–H groups in total. The van der Waals surface area contributed by atoms with Crippen molar-refractivity contribution in [2.75, 3.05) is 6.61 Å². The average molecular weight is 674 g/mol. The van der Waals surface area contributed by atoms with E-state index in [0.717, 1.165) is 38.5 Å². The van der Waals surface area contributed by atoms with E-state index in [1.54, 1.807) is 43.3 Å². The third kappa shape index (κ3) is 14.3. The lowest BCUT2D eigenvalue weighted by Gasteiger charge is -2.29. The maximum Gasteiger partial charge on any atom is 0.336 e. The molecule has 266 valence electrons. The number of allylic oxidation sites excluding steroid dienone is 2. The number of rotatable bonds is 10. The Morgan fingerprint density at radius 3 is 2.31 bits per heavy atom. The van der Waals surface area contributed by atoms with Crippen LogP contribution >= 0.6 is 0 Å². The number of carbonyl (C=O) groups excluding carboxylic acids is 2. The van der Waals surface area contributed by atoms with Crippen LogP contribution in [0.2, 0.25) is 0 Å². The third-order valence-corrected chi connectivity index (χ3v) is 8.35. The molecule has 0 aliphatic carbocycles. The minimum atomic E-state index is -2.80. The number of ketones is 1. The molecule has 0 saturated carbocycles. The van der Waals surface area contributed by atoms with Gasteiger partial charge in [0.1, 0.15) is 18.4 Å². The first kappa shape index (κ1) is 40.0. The molecule has 0 saturated heterocycles. The van der Waals surface area contributed by atoms with E-state index in [2.05, 4.69) is 12.2 Å². The summed E-state index contributed by atoms with van der Waals surface area (Å²) in [6.45, 7) is 4.11. The number of benzene rings is 1. The highest BCUT2D eigenvalue weighted by atomic mass is 16.5. The van der Waals surface area contributed by atoms with Crippen molar-refractivity contribution in [3.8, 4) is 5.75 Å². The number of Topliss-reactive ketones (excluding diaryl/α,β-unsaturated/α-hetero) is 1. The Kier molecular flexibility index (Phi) is 17.4. The maximum absolute atomic E-state index is 13.1. The van der Waals surface area contributed by atoms with Gasteiger partial charge in [0.15, 0.2) is 17.5 Å². The summed E-state index contributed by atoms with van der Waals surface area (Å²) >= 11 is 0. The van der Waals surface area contributed by atoms with Crippen LogP contribution in [0.25, 0.3) is 0 Å². The van der Waals surface area contributed by atoms with Crippen LogP contribution in [-0.4, -0.2) is 74.4 Å². The molecule has 12 nitrogen and oxygen atoms in total. The van der Waals surface area contributed by atoms with Gasteiger partial charge in [-0.25, -0.2) is 9.59 Å². The predicted octanol–water partition coefficient (Wildman–Crippen LogP) is 5.21. The second-order valence-corrected chi connectivity index (χ2v) is 12.3. The topological polar surface area (TPSA) is 197 Å². The summed E-state index contributed by atoms with van der Waals surface area (Å²) in [6, 6.07) is 5.24. The normalized spacial score (nSPS) is 23.8. The molecule has 0 radical (unpaired) electrons. The molecule has 1 amide bonds. The monoisotopic (exact) mass is 673 g/mol. The minimum Gasteiger partial charge on any atom is -0.489 e. The van der Waals surface area contributed by atoms with Crippen LogP contribution in [0.4, 0.5) is 0 Å². The number of carboxylic acid groups (broad SMARTS) is 3. The quantitative estimate of drug-likeness (QED) is 0.161. The van der Waals surface area contributed by atoms with Crippen LogP contribution in [0.3, 0.4) is 0 Å². The first-order valence-electron chi connectivity index (χ1n) is 16.8. The van der Waals surface area contributed by atoms with Gasteiger partial charge < -0.3 is 35.2 Å². The van der Waals surface area contributed by atoms with Crippen molar-refractivity contribution in [3.05, 3.63) is 53.8 Å². The van der Waals surface area contributed by atoms with Crippen molar-refractivity contribution in [2.45, 2.75) is 121 Å². The van der Waals surface area contributed by atoms with Crippen LogP contribution in [0.5, 0.6) is 5.75 Å². The van der Waals surface area contributed by atoms with Gasteiger partial charge in [0, 0.05) is 25.2 Å². The van der Waals surface area contributed by atoms with Crippen molar-refractivity contribution in [1.29, 1.82) is 0 Å². The van der Waals surface area contributed by atoms with E-state index in [9.17, 15) is 44.4 Å². The zero-order chi connectivity index (χ0) is 35.5. The minimum absolute atomic E-state index is 0.0494. The summed E-state index contributed by atoms with van der Waals surface area (Å²) < 4.78 is 11.9. The van der Waals surface area contributed by atoms with Gasteiger partial charge >= 0.3 is 17.9 Å². The van der Waals surface area contributed by atoms with E-state index in [0.29, 0.717) is 49.2 Å². The molecule has 0 aromatic heterocycles. The maximum atomic E-state index is 13.1. The highest BCUT2D eigenvalue weighted by molar-refractivity contribution is 5.87. The first-order valence-corrected chi connectivity index (χ1v) is 16.8. The largest absolute Gasteiger partial charge is 0.489 e. The van der Waals surface area contributed by atoms with Crippen molar-refractivity contribution in [3.63, 3.8) is 0 Å². The molecule has 1 aromatic rings. The average Bonchev–Trinajstić information content (AvgIpc) is 3.02. The van der Waals surface area contributed by atoms with Gasteiger partial charge in [-0.2, -0.15) is 0 Å². The van der Waals surface area contributed by atoms with Crippen LogP contribution in [0.1, 0.15) is 103 Å². The number of fused-ring (bicyclic) bond motifs is 20. The van der Waals surface area contributed by atoms with Gasteiger partial charge in [-0.1, -0.05) is 63.3 Å². The van der Waals surface area contributed by atoms with Crippen LogP contribution in [-0.2, 0) is 35.1 Å². The van der Waals surface area contributed by atoms with Gasteiger partial charge in [0.2, 0.25) is 5.91 Å². The molecule has 0 fully saturated rings. The van der Waals surface area contributed by atoms with E-state index >= 15 is 0 Å². The van der Waals surface area contributed by atoms with Crippen molar-refractivity contribution < 1.29 is 53.9 Å². The number of ether oxygens (including phenoxy) is 2. The van der Waals surface area contributed by atoms with Gasteiger partial charge in [-0.15, -0.1) is 0 Å². The Labute approximate surface area is 282 Å².